The number of nitrogens with one attached hydrogen (secondary N) is 2. The number of hydrogen-bond acceptors (Lipinski definition) is 4. The van der Waals surface area contributed by atoms with E-state index in [2.05, 4.69) is 46.4 Å². The Bertz CT molecular complexity index is 1190. The maximum absolute atomic E-state index is 12.1. The molecule has 0 bridgehead atoms. The van der Waals surface area contributed by atoms with E-state index in [4.69, 9.17) is 16.3 Å². The maximum Gasteiger partial charge on any atom is 0.329 e. The highest BCUT2D eigenvalue weighted by Gasteiger charge is 2.15. The van der Waals surface area contributed by atoms with Gasteiger partial charge in [-0.15, -0.1) is 0 Å². The smallest absolute Gasteiger partial charge is 0.329 e. The van der Waals surface area contributed by atoms with Crippen LogP contribution in [0.1, 0.15) is 28.1 Å². The van der Waals surface area contributed by atoms with Crippen molar-refractivity contribution in [3.05, 3.63) is 75.6 Å². The van der Waals surface area contributed by atoms with Crippen molar-refractivity contribution in [2.24, 2.45) is 5.10 Å². The van der Waals surface area contributed by atoms with Crippen LogP contribution in [0, 0.1) is 27.7 Å². The van der Waals surface area contributed by atoms with Gasteiger partial charge in [0.1, 0.15) is 5.75 Å². The molecule has 2 aromatic carbocycles. The Hall–Kier alpha value is -3.58. The van der Waals surface area contributed by atoms with Crippen molar-refractivity contribution < 1.29 is 14.3 Å². The van der Waals surface area contributed by atoms with Crippen LogP contribution in [-0.2, 0) is 9.59 Å². The van der Waals surface area contributed by atoms with Gasteiger partial charge >= 0.3 is 11.8 Å². The monoisotopic (exact) mass is 452 g/mol. The van der Waals surface area contributed by atoms with Crippen molar-refractivity contribution in [1.29, 1.82) is 0 Å². The quantitative estimate of drug-likeness (QED) is 0.340. The Morgan fingerprint density at radius 1 is 1.03 bits per heavy atom. The lowest BCUT2D eigenvalue weighted by Crippen LogP contribution is -2.32. The molecule has 0 atom stereocenters. The minimum Gasteiger partial charge on any atom is -0.495 e. The Balaban J connectivity index is 1.70. The van der Waals surface area contributed by atoms with E-state index in [1.54, 1.807) is 12.1 Å². The fraction of sp³-hybridized carbons (Fsp3) is 0.208. The van der Waals surface area contributed by atoms with Gasteiger partial charge in [0, 0.05) is 22.6 Å². The average molecular weight is 453 g/mol. The van der Waals surface area contributed by atoms with E-state index in [0.29, 0.717) is 16.5 Å². The van der Waals surface area contributed by atoms with Crippen LogP contribution in [-0.4, -0.2) is 29.7 Å². The molecule has 7 nitrogen and oxygen atoms in total. The number of benzene rings is 2. The summed E-state index contributed by atoms with van der Waals surface area (Å²) < 4.78 is 7.22. The van der Waals surface area contributed by atoms with Gasteiger partial charge in [-0.3, -0.25) is 9.59 Å². The lowest BCUT2D eigenvalue weighted by atomic mass is 10.1. The SMILES string of the molecule is COc1ccc(NC(=O)C(=O)N/N=C\c2cc(C)n(-c3c(C)cccc3C)c2C)cc1Cl. The van der Waals surface area contributed by atoms with Gasteiger partial charge in [0.15, 0.2) is 0 Å². The second-order valence-corrected chi connectivity index (χ2v) is 7.81. The number of anilines is 1. The van der Waals surface area contributed by atoms with Gasteiger partial charge in [-0.25, -0.2) is 5.43 Å². The second kappa shape index (κ2) is 9.70. The van der Waals surface area contributed by atoms with Gasteiger partial charge in [0.05, 0.1) is 24.0 Å². The van der Waals surface area contributed by atoms with E-state index in [1.165, 1.54) is 30.5 Å². The van der Waals surface area contributed by atoms with Crippen molar-refractivity contribution in [1.82, 2.24) is 9.99 Å². The first-order valence-electron chi connectivity index (χ1n) is 9.96. The Morgan fingerprint density at radius 2 is 1.72 bits per heavy atom. The van der Waals surface area contributed by atoms with Crippen molar-refractivity contribution >= 4 is 35.3 Å². The molecule has 1 heterocycles. The number of nitrogens with zero attached hydrogens (tertiary/aromatic N) is 2. The van der Waals surface area contributed by atoms with Crippen LogP contribution < -0.4 is 15.5 Å². The summed E-state index contributed by atoms with van der Waals surface area (Å²) in [6.45, 7) is 8.15. The molecule has 0 unspecified atom stereocenters. The molecule has 0 aliphatic rings. The van der Waals surface area contributed by atoms with Gasteiger partial charge in [-0.2, -0.15) is 5.10 Å². The predicted octanol–water partition coefficient (Wildman–Crippen LogP) is 4.46. The van der Waals surface area contributed by atoms with Crippen molar-refractivity contribution in [2.45, 2.75) is 27.7 Å². The molecule has 0 fully saturated rings. The van der Waals surface area contributed by atoms with E-state index in [9.17, 15) is 9.59 Å². The second-order valence-electron chi connectivity index (χ2n) is 7.40. The summed E-state index contributed by atoms with van der Waals surface area (Å²) in [5.74, 6) is -1.28. The molecule has 0 aliphatic heterocycles. The number of hydrazone groups is 1. The van der Waals surface area contributed by atoms with Crippen LogP contribution >= 0.6 is 11.6 Å². The molecular weight excluding hydrogens is 428 g/mol. The van der Waals surface area contributed by atoms with E-state index in [-0.39, 0.29) is 0 Å². The van der Waals surface area contributed by atoms with Gasteiger partial charge < -0.3 is 14.6 Å². The molecule has 0 saturated heterocycles. The average Bonchev–Trinajstić information content (AvgIpc) is 3.01. The van der Waals surface area contributed by atoms with Gasteiger partial charge in [0.2, 0.25) is 0 Å². The van der Waals surface area contributed by atoms with Gasteiger partial charge in [0.25, 0.3) is 0 Å². The Morgan fingerprint density at radius 3 is 2.34 bits per heavy atom. The number of aryl methyl sites for hydroxylation is 3. The minimum atomic E-state index is -0.892. The highest BCUT2D eigenvalue weighted by atomic mass is 35.5. The molecule has 3 aromatic rings. The van der Waals surface area contributed by atoms with Crippen LogP contribution in [0.3, 0.4) is 0 Å². The van der Waals surface area contributed by atoms with E-state index in [1.807, 2.05) is 26.0 Å². The Kier molecular flexibility index (Phi) is 7.00. The standard InChI is InChI=1S/C24H25ClN4O3/c1-14-7-6-8-15(2)22(14)29-16(3)11-18(17(29)4)13-26-28-24(31)23(30)27-19-9-10-21(32-5)20(25)12-19/h6-13H,1-5H3,(H,27,30)(H,28,31)/b26-13-. The van der Waals surface area contributed by atoms with Crippen molar-refractivity contribution in [3.8, 4) is 11.4 Å². The fourth-order valence-electron chi connectivity index (χ4n) is 3.56. The number of hydrogen-bond donors (Lipinski definition) is 2. The van der Waals surface area contributed by atoms with Crippen LogP contribution in [0.15, 0.2) is 47.6 Å². The molecule has 0 aliphatic carbocycles. The summed E-state index contributed by atoms with van der Waals surface area (Å²) in [6, 6.07) is 12.8. The third kappa shape index (κ3) is 4.84. The summed E-state index contributed by atoms with van der Waals surface area (Å²) in [5, 5.41) is 6.75. The summed E-state index contributed by atoms with van der Waals surface area (Å²) in [5.41, 5.74) is 8.96. The molecule has 0 radical (unpaired) electrons. The molecule has 1 aromatic heterocycles. The fourth-order valence-corrected chi connectivity index (χ4v) is 3.82. The highest BCUT2D eigenvalue weighted by molar-refractivity contribution is 6.40. The largest absolute Gasteiger partial charge is 0.495 e. The molecule has 32 heavy (non-hydrogen) atoms. The van der Waals surface area contributed by atoms with Crippen molar-refractivity contribution in [2.75, 3.05) is 12.4 Å². The molecule has 8 heteroatoms. The zero-order valence-electron chi connectivity index (χ0n) is 18.6. The number of amides is 2. The van der Waals surface area contributed by atoms with Gasteiger partial charge in [-0.1, -0.05) is 29.8 Å². The van der Waals surface area contributed by atoms with Crippen LogP contribution in [0.4, 0.5) is 5.69 Å². The van der Waals surface area contributed by atoms with Crippen LogP contribution in [0.25, 0.3) is 5.69 Å². The number of carbonyl (C=O) groups excluding carboxylic acids is 2. The molecular formula is C24H25ClN4O3. The summed E-state index contributed by atoms with van der Waals surface area (Å²) >= 11 is 6.03. The maximum atomic E-state index is 12.1. The number of carbonyl (C=O) groups is 2. The number of rotatable bonds is 5. The summed E-state index contributed by atoms with van der Waals surface area (Å²) in [4.78, 5) is 24.2. The molecule has 3 rings (SSSR count). The number of aromatic nitrogens is 1. The lowest BCUT2D eigenvalue weighted by Gasteiger charge is -2.15. The first-order valence-corrected chi connectivity index (χ1v) is 10.3. The number of para-hydroxylation sites is 1. The molecule has 0 spiro atoms. The zero-order valence-corrected chi connectivity index (χ0v) is 19.4. The number of ether oxygens (including phenoxy) is 1. The predicted molar refractivity (Wildman–Crippen MR) is 127 cm³/mol. The molecule has 0 saturated carbocycles. The first-order chi connectivity index (χ1) is 15.2. The molecule has 2 amide bonds. The zero-order chi connectivity index (χ0) is 23.4. The third-order valence-corrected chi connectivity index (χ3v) is 5.41. The van der Waals surface area contributed by atoms with E-state index >= 15 is 0 Å². The van der Waals surface area contributed by atoms with E-state index in [0.717, 1.165) is 22.6 Å². The molecule has 166 valence electrons. The normalized spacial score (nSPS) is 10.9. The third-order valence-electron chi connectivity index (χ3n) is 5.12. The van der Waals surface area contributed by atoms with Crippen molar-refractivity contribution in [3.63, 3.8) is 0 Å². The highest BCUT2D eigenvalue weighted by Crippen LogP contribution is 2.27. The number of methoxy groups -OCH3 is 1. The topological polar surface area (TPSA) is 84.7 Å². The summed E-state index contributed by atoms with van der Waals surface area (Å²) in [7, 11) is 1.49. The number of halogens is 1. The minimum absolute atomic E-state index is 0.322. The van der Waals surface area contributed by atoms with Crippen LogP contribution in [0.2, 0.25) is 5.02 Å². The lowest BCUT2D eigenvalue weighted by molar-refractivity contribution is -0.136. The molecule has 2 N–H and O–H groups in total. The first kappa shape index (κ1) is 23.1. The van der Waals surface area contributed by atoms with Crippen LogP contribution in [0.5, 0.6) is 5.75 Å². The summed E-state index contributed by atoms with van der Waals surface area (Å²) in [6.07, 6.45) is 1.53. The van der Waals surface area contributed by atoms with E-state index < -0.39 is 11.8 Å². The Labute approximate surface area is 192 Å². The van der Waals surface area contributed by atoms with Gasteiger partial charge in [-0.05, 0) is 63.1 Å².